The Kier molecular flexibility index (Phi) is 3.85. The fraction of sp³-hybridized carbons (Fsp3) is 0.188. The lowest BCUT2D eigenvalue weighted by Crippen LogP contribution is -2.18. The Morgan fingerprint density at radius 1 is 1.10 bits per heavy atom. The van der Waals surface area contributed by atoms with Crippen LogP contribution in [0.1, 0.15) is 5.56 Å². The van der Waals surface area contributed by atoms with Crippen molar-refractivity contribution in [2.45, 2.75) is 19.1 Å². The van der Waals surface area contributed by atoms with Gasteiger partial charge >= 0.3 is 0 Å². The SMILES string of the molecule is OC(Cc1ccccc1Br)Cn1cnc2ccccc21. The Bertz CT molecular complexity index is 723. The van der Waals surface area contributed by atoms with Crippen LogP contribution in [-0.4, -0.2) is 20.8 Å². The van der Waals surface area contributed by atoms with Gasteiger partial charge in [0.1, 0.15) is 0 Å². The molecule has 102 valence electrons. The van der Waals surface area contributed by atoms with E-state index in [0.29, 0.717) is 13.0 Å². The molecular weight excluding hydrogens is 316 g/mol. The van der Waals surface area contributed by atoms with Crippen molar-refractivity contribution in [2.75, 3.05) is 0 Å². The fourth-order valence-corrected chi connectivity index (χ4v) is 2.81. The third kappa shape index (κ3) is 2.76. The summed E-state index contributed by atoms with van der Waals surface area (Å²) in [4.78, 5) is 4.34. The van der Waals surface area contributed by atoms with E-state index < -0.39 is 6.10 Å². The van der Waals surface area contributed by atoms with Crippen molar-refractivity contribution in [3.8, 4) is 0 Å². The lowest BCUT2D eigenvalue weighted by atomic mass is 10.1. The molecule has 3 nitrogen and oxygen atoms in total. The number of imidazole rings is 1. The fourth-order valence-electron chi connectivity index (χ4n) is 2.37. The van der Waals surface area contributed by atoms with E-state index in [2.05, 4.69) is 20.9 Å². The molecule has 0 amide bonds. The lowest BCUT2D eigenvalue weighted by molar-refractivity contribution is 0.155. The van der Waals surface area contributed by atoms with Gasteiger partial charge in [-0.05, 0) is 23.8 Å². The van der Waals surface area contributed by atoms with Gasteiger partial charge < -0.3 is 9.67 Å². The van der Waals surface area contributed by atoms with Crippen molar-refractivity contribution in [1.29, 1.82) is 0 Å². The number of benzene rings is 2. The molecule has 3 aromatic rings. The number of aliphatic hydroxyl groups excluding tert-OH is 1. The van der Waals surface area contributed by atoms with Crippen LogP contribution in [-0.2, 0) is 13.0 Å². The molecule has 1 unspecified atom stereocenters. The molecule has 0 saturated carbocycles. The van der Waals surface area contributed by atoms with Gasteiger partial charge in [-0.25, -0.2) is 4.98 Å². The van der Waals surface area contributed by atoms with Crippen LogP contribution in [0.25, 0.3) is 11.0 Å². The van der Waals surface area contributed by atoms with Gasteiger partial charge in [0.25, 0.3) is 0 Å². The molecule has 0 spiro atoms. The molecule has 0 radical (unpaired) electrons. The zero-order chi connectivity index (χ0) is 13.9. The Hall–Kier alpha value is -1.65. The number of fused-ring (bicyclic) bond motifs is 1. The zero-order valence-corrected chi connectivity index (χ0v) is 12.5. The van der Waals surface area contributed by atoms with Gasteiger partial charge in [-0.3, -0.25) is 0 Å². The van der Waals surface area contributed by atoms with Crippen molar-refractivity contribution in [3.05, 3.63) is 64.9 Å². The maximum Gasteiger partial charge on any atom is 0.0959 e. The Labute approximate surface area is 126 Å². The normalized spacial score (nSPS) is 12.7. The molecule has 1 heterocycles. The monoisotopic (exact) mass is 330 g/mol. The van der Waals surface area contributed by atoms with Crippen LogP contribution in [0.15, 0.2) is 59.3 Å². The predicted molar refractivity (Wildman–Crippen MR) is 83.6 cm³/mol. The summed E-state index contributed by atoms with van der Waals surface area (Å²) in [7, 11) is 0. The quantitative estimate of drug-likeness (QED) is 0.796. The van der Waals surface area contributed by atoms with Crippen LogP contribution >= 0.6 is 15.9 Å². The van der Waals surface area contributed by atoms with Gasteiger partial charge in [-0.2, -0.15) is 0 Å². The van der Waals surface area contributed by atoms with Crippen LogP contribution in [0.2, 0.25) is 0 Å². The summed E-state index contributed by atoms with van der Waals surface area (Å²) in [5, 5.41) is 10.3. The predicted octanol–water partition coefficient (Wildman–Crippen LogP) is 3.40. The number of hydrogen-bond acceptors (Lipinski definition) is 2. The van der Waals surface area contributed by atoms with Crippen molar-refractivity contribution < 1.29 is 5.11 Å². The van der Waals surface area contributed by atoms with E-state index >= 15 is 0 Å². The van der Waals surface area contributed by atoms with Gasteiger partial charge in [0, 0.05) is 10.9 Å². The first-order valence-electron chi connectivity index (χ1n) is 6.55. The molecule has 20 heavy (non-hydrogen) atoms. The number of aliphatic hydroxyl groups is 1. The molecule has 2 aromatic carbocycles. The van der Waals surface area contributed by atoms with Crippen LogP contribution in [0.4, 0.5) is 0 Å². The molecule has 1 aromatic heterocycles. The van der Waals surface area contributed by atoms with Crippen molar-refractivity contribution in [3.63, 3.8) is 0 Å². The summed E-state index contributed by atoms with van der Waals surface area (Å²) in [6.45, 7) is 0.543. The van der Waals surface area contributed by atoms with E-state index in [-0.39, 0.29) is 0 Å². The Morgan fingerprint density at radius 3 is 2.70 bits per heavy atom. The molecule has 0 aliphatic carbocycles. The largest absolute Gasteiger partial charge is 0.391 e. The Balaban J connectivity index is 1.76. The van der Waals surface area contributed by atoms with Crippen LogP contribution in [0.3, 0.4) is 0 Å². The zero-order valence-electron chi connectivity index (χ0n) is 10.9. The lowest BCUT2D eigenvalue weighted by Gasteiger charge is -2.13. The van der Waals surface area contributed by atoms with Crippen LogP contribution < -0.4 is 0 Å². The number of hydrogen-bond donors (Lipinski definition) is 1. The maximum atomic E-state index is 10.3. The van der Waals surface area contributed by atoms with E-state index in [1.165, 1.54) is 0 Å². The van der Waals surface area contributed by atoms with Crippen LogP contribution in [0.5, 0.6) is 0 Å². The average Bonchev–Trinajstić information content (AvgIpc) is 2.85. The topological polar surface area (TPSA) is 38.0 Å². The number of aromatic nitrogens is 2. The molecule has 1 N–H and O–H groups in total. The molecule has 0 fully saturated rings. The highest BCUT2D eigenvalue weighted by Crippen LogP contribution is 2.19. The summed E-state index contributed by atoms with van der Waals surface area (Å²) in [5.74, 6) is 0. The molecule has 0 bridgehead atoms. The highest BCUT2D eigenvalue weighted by atomic mass is 79.9. The first-order valence-corrected chi connectivity index (χ1v) is 7.34. The molecule has 4 heteroatoms. The second-order valence-electron chi connectivity index (χ2n) is 4.84. The highest BCUT2D eigenvalue weighted by molar-refractivity contribution is 9.10. The summed E-state index contributed by atoms with van der Waals surface area (Å²) < 4.78 is 3.03. The van der Waals surface area contributed by atoms with Gasteiger partial charge in [0.2, 0.25) is 0 Å². The molecular formula is C16H15BrN2O. The third-order valence-corrected chi connectivity index (χ3v) is 4.12. The van der Waals surface area contributed by atoms with Gasteiger partial charge in [0.05, 0.1) is 30.0 Å². The van der Waals surface area contributed by atoms with E-state index in [0.717, 1.165) is 21.1 Å². The third-order valence-electron chi connectivity index (χ3n) is 3.35. The smallest absolute Gasteiger partial charge is 0.0959 e. The standard InChI is InChI=1S/C16H15BrN2O/c17-14-6-2-1-5-12(14)9-13(20)10-19-11-18-15-7-3-4-8-16(15)19/h1-8,11,13,20H,9-10H2. The minimum absolute atomic E-state index is 0.439. The summed E-state index contributed by atoms with van der Waals surface area (Å²) in [5.41, 5.74) is 3.13. The minimum atomic E-state index is -0.439. The molecule has 1 atom stereocenters. The molecule has 0 aliphatic rings. The minimum Gasteiger partial charge on any atom is -0.391 e. The van der Waals surface area contributed by atoms with E-state index in [1.807, 2.05) is 53.1 Å². The Morgan fingerprint density at radius 2 is 1.85 bits per heavy atom. The second kappa shape index (κ2) is 5.77. The second-order valence-corrected chi connectivity index (χ2v) is 5.69. The summed E-state index contributed by atoms with van der Waals surface area (Å²) in [6.07, 6.45) is 1.97. The number of para-hydroxylation sites is 2. The summed E-state index contributed by atoms with van der Waals surface area (Å²) >= 11 is 3.51. The van der Waals surface area contributed by atoms with Crippen molar-refractivity contribution in [1.82, 2.24) is 9.55 Å². The van der Waals surface area contributed by atoms with Gasteiger partial charge in [-0.1, -0.05) is 46.3 Å². The first-order chi connectivity index (χ1) is 9.74. The number of halogens is 1. The van der Waals surface area contributed by atoms with E-state index in [9.17, 15) is 5.11 Å². The first kappa shape index (κ1) is 13.3. The highest BCUT2D eigenvalue weighted by Gasteiger charge is 2.10. The summed E-state index contributed by atoms with van der Waals surface area (Å²) in [6, 6.07) is 15.9. The molecule has 0 aliphatic heterocycles. The molecule has 0 saturated heterocycles. The number of rotatable bonds is 4. The van der Waals surface area contributed by atoms with E-state index in [1.54, 1.807) is 6.33 Å². The average molecular weight is 331 g/mol. The number of nitrogens with zero attached hydrogens (tertiary/aromatic N) is 2. The van der Waals surface area contributed by atoms with E-state index in [4.69, 9.17) is 0 Å². The van der Waals surface area contributed by atoms with Crippen molar-refractivity contribution in [2.24, 2.45) is 0 Å². The van der Waals surface area contributed by atoms with Gasteiger partial charge in [0.15, 0.2) is 0 Å². The van der Waals surface area contributed by atoms with Crippen LogP contribution in [0, 0.1) is 0 Å². The van der Waals surface area contributed by atoms with Gasteiger partial charge in [-0.15, -0.1) is 0 Å². The van der Waals surface area contributed by atoms with Crippen molar-refractivity contribution >= 4 is 27.0 Å². The molecule has 3 rings (SSSR count). The maximum absolute atomic E-state index is 10.3.